The first-order chi connectivity index (χ1) is 13.3. The van der Waals surface area contributed by atoms with Crippen LogP contribution in [0.25, 0.3) is 10.9 Å². The molecule has 0 unspecified atom stereocenters. The van der Waals surface area contributed by atoms with Crippen molar-refractivity contribution in [3.8, 4) is 0 Å². The van der Waals surface area contributed by atoms with E-state index in [4.69, 9.17) is 0 Å². The largest absolute Gasteiger partial charge is 0.361 e. The van der Waals surface area contributed by atoms with Gasteiger partial charge in [-0.2, -0.15) is 11.3 Å². The van der Waals surface area contributed by atoms with Crippen LogP contribution in [0.3, 0.4) is 0 Å². The van der Waals surface area contributed by atoms with E-state index in [0.29, 0.717) is 6.54 Å². The van der Waals surface area contributed by atoms with Gasteiger partial charge in [-0.3, -0.25) is 4.79 Å². The second-order valence-corrected chi connectivity index (χ2v) is 8.08. The zero-order valence-corrected chi connectivity index (χ0v) is 16.4. The van der Waals surface area contributed by atoms with Gasteiger partial charge in [0, 0.05) is 34.3 Å². The zero-order valence-electron chi connectivity index (χ0n) is 14.8. The second-order valence-electron chi connectivity index (χ2n) is 6.28. The lowest BCUT2D eigenvalue weighted by molar-refractivity contribution is 0.0951. The highest BCUT2D eigenvalue weighted by Crippen LogP contribution is 2.27. The molecule has 0 fully saturated rings. The van der Waals surface area contributed by atoms with E-state index < -0.39 is 0 Å². The predicted molar refractivity (Wildman–Crippen MR) is 115 cm³/mol. The van der Waals surface area contributed by atoms with Crippen molar-refractivity contribution < 1.29 is 4.79 Å². The minimum Gasteiger partial charge on any atom is -0.361 e. The van der Waals surface area contributed by atoms with E-state index in [9.17, 15) is 4.79 Å². The van der Waals surface area contributed by atoms with Crippen LogP contribution in [0.1, 0.15) is 21.5 Å². The zero-order chi connectivity index (χ0) is 18.5. The van der Waals surface area contributed by atoms with Gasteiger partial charge in [-0.15, -0.1) is 11.8 Å². The summed E-state index contributed by atoms with van der Waals surface area (Å²) in [5.41, 5.74) is 4.40. The quantitative estimate of drug-likeness (QED) is 0.408. The summed E-state index contributed by atoms with van der Waals surface area (Å²) in [4.78, 5) is 17.0. The third-order valence-electron chi connectivity index (χ3n) is 4.46. The number of thiophene rings is 1. The average molecular weight is 393 g/mol. The fraction of sp³-hybridized carbons (Fsp3) is 0.136. The molecule has 0 aliphatic heterocycles. The molecule has 0 atom stereocenters. The molecule has 2 aromatic carbocycles. The third kappa shape index (κ3) is 4.26. The third-order valence-corrected chi connectivity index (χ3v) is 6.34. The smallest absolute Gasteiger partial charge is 0.252 e. The van der Waals surface area contributed by atoms with Crippen molar-refractivity contribution in [1.29, 1.82) is 0 Å². The van der Waals surface area contributed by atoms with Crippen LogP contribution in [0.15, 0.2) is 76.4 Å². The first-order valence-corrected chi connectivity index (χ1v) is 10.8. The van der Waals surface area contributed by atoms with Gasteiger partial charge in [-0.05, 0) is 52.6 Å². The Morgan fingerprint density at radius 2 is 1.93 bits per heavy atom. The first kappa shape index (κ1) is 17.9. The molecule has 2 heterocycles. The summed E-state index contributed by atoms with van der Waals surface area (Å²) in [5.74, 6) is 0.867. The number of amides is 1. The van der Waals surface area contributed by atoms with Crippen LogP contribution in [-0.4, -0.2) is 17.4 Å². The maximum Gasteiger partial charge on any atom is 0.252 e. The molecule has 3 nitrogen and oxygen atoms in total. The summed E-state index contributed by atoms with van der Waals surface area (Å²) < 4.78 is 0. The highest BCUT2D eigenvalue weighted by atomic mass is 32.2. The van der Waals surface area contributed by atoms with Crippen molar-refractivity contribution in [3.05, 3.63) is 88.2 Å². The molecule has 0 aliphatic rings. The number of aromatic nitrogens is 1. The Morgan fingerprint density at radius 1 is 1.07 bits per heavy atom. The van der Waals surface area contributed by atoms with Crippen LogP contribution >= 0.6 is 23.1 Å². The molecule has 27 heavy (non-hydrogen) atoms. The lowest BCUT2D eigenvalue weighted by Crippen LogP contribution is -2.26. The molecule has 4 aromatic rings. The molecule has 0 spiro atoms. The van der Waals surface area contributed by atoms with Crippen LogP contribution in [0.5, 0.6) is 0 Å². The summed E-state index contributed by atoms with van der Waals surface area (Å²) in [6.07, 6.45) is 2.83. The number of hydrogen-bond donors (Lipinski definition) is 2. The Balaban J connectivity index is 1.38. The Kier molecular flexibility index (Phi) is 5.61. The molecule has 2 N–H and O–H groups in total. The molecule has 0 aliphatic carbocycles. The van der Waals surface area contributed by atoms with E-state index in [1.165, 1.54) is 16.5 Å². The summed E-state index contributed by atoms with van der Waals surface area (Å²) in [5, 5.41) is 8.52. The molecule has 0 saturated heterocycles. The molecule has 4 rings (SSSR count). The fourth-order valence-corrected chi connectivity index (χ4v) is 4.83. The second kappa shape index (κ2) is 8.46. The highest BCUT2D eigenvalue weighted by molar-refractivity contribution is 7.98. The molecule has 5 heteroatoms. The number of aromatic amines is 1. The standard InChI is InChI=1S/C22H20N2OS2/c25-22(23-11-9-17-13-24-20-7-3-1-5-18(17)20)19-6-2-4-8-21(19)27-15-16-10-12-26-14-16/h1-8,10,12-14,24H,9,11,15H2,(H,23,25). The number of carbonyl (C=O) groups is 1. The van der Waals surface area contributed by atoms with Crippen LogP contribution in [0, 0.1) is 0 Å². The van der Waals surface area contributed by atoms with Gasteiger partial charge < -0.3 is 10.3 Å². The van der Waals surface area contributed by atoms with E-state index in [0.717, 1.165) is 28.1 Å². The Hall–Kier alpha value is -2.50. The van der Waals surface area contributed by atoms with Gasteiger partial charge >= 0.3 is 0 Å². The molecular formula is C22H20N2OS2. The van der Waals surface area contributed by atoms with Gasteiger partial charge in [0.1, 0.15) is 0 Å². The topological polar surface area (TPSA) is 44.9 Å². The molecule has 0 bridgehead atoms. The number of benzene rings is 2. The predicted octanol–water partition coefficient (Wildman–Crippen LogP) is 5.49. The average Bonchev–Trinajstić information content (AvgIpc) is 3.37. The van der Waals surface area contributed by atoms with E-state index >= 15 is 0 Å². The molecule has 136 valence electrons. The number of H-pyrrole nitrogens is 1. The van der Waals surface area contributed by atoms with Crippen molar-refractivity contribution >= 4 is 39.9 Å². The normalized spacial score (nSPS) is 11.0. The molecule has 0 saturated carbocycles. The minimum absolute atomic E-state index is 0.0109. The Morgan fingerprint density at radius 3 is 2.81 bits per heavy atom. The van der Waals surface area contributed by atoms with E-state index in [1.807, 2.05) is 42.6 Å². The first-order valence-electron chi connectivity index (χ1n) is 8.87. The van der Waals surface area contributed by atoms with E-state index in [1.54, 1.807) is 23.1 Å². The minimum atomic E-state index is -0.0109. The number of thioether (sulfide) groups is 1. The number of carbonyl (C=O) groups excluding carboxylic acids is 1. The van der Waals surface area contributed by atoms with Crippen LogP contribution in [-0.2, 0) is 12.2 Å². The van der Waals surface area contributed by atoms with Gasteiger partial charge in [-0.1, -0.05) is 30.3 Å². The summed E-state index contributed by atoms with van der Waals surface area (Å²) in [6.45, 7) is 0.615. The number of rotatable bonds is 7. The van der Waals surface area contributed by atoms with Crippen molar-refractivity contribution in [2.75, 3.05) is 6.54 Å². The fourth-order valence-electron chi connectivity index (χ4n) is 3.06. The molecule has 2 aromatic heterocycles. The summed E-state index contributed by atoms with van der Waals surface area (Å²) in [7, 11) is 0. The highest BCUT2D eigenvalue weighted by Gasteiger charge is 2.12. The van der Waals surface area contributed by atoms with Crippen molar-refractivity contribution in [3.63, 3.8) is 0 Å². The lowest BCUT2D eigenvalue weighted by Gasteiger charge is -2.09. The maximum absolute atomic E-state index is 12.7. The van der Waals surface area contributed by atoms with E-state index in [2.05, 4.69) is 39.3 Å². The van der Waals surface area contributed by atoms with Crippen molar-refractivity contribution in [2.45, 2.75) is 17.1 Å². The van der Waals surface area contributed by atoms with Gasteiger partial charge in [0.2, 0.25) is 0 Å². The Bertz CT molecular complexity index is 1040. The SMILES string of the molecule is O=C(NCCc1c[nH]c2ccccc12)c1ccccc1SCc1ccsc1. The van der Waals surface area contributed by atoms with Gasteiger partial charge in [0.05, 0.1) is 5.56 Å². The number of nitrogens with one attached hydrogen (secondary N) is 2. The van der Waals surface area contributed by atoms with Crippen LogP contribution in [0.4, 0.5) is 0 Å². The van der Waals surface area contributed by atoms with Crippen LogP contribution in [0.2, 0.25) is 0 Å². The van der Waals surface area contributed by atoms with Gasteiger partial charge in [0.25, 0.3) is 5.91 Å². The summed E-state index contributed by atoms with van der Waals surface area (Å²) in [6, 6.07) is 18.2. The van der Waals surface area contributed by atoms with Crippen molar-refractivity contribution in [2.24, 2.45) is 0 Å². The van der Waals surface area contributed by atoms with Gasteiger partial charge in [0.15, 0.2) is 0 Å². The monoisotopic (exact) mass is 392 g/mol. The number of para-hydroxylation sites is 1. The van der Waals surface area contributed by atoms with Crippen molar-refractivity contribution in [1.82, 2.24) is 10.3 Å². The number of fused-ring (bicyclic) bond motifs is 1. The molecule has 1 amide bonds. The van der Waals surface area contributed by atoms with Gasteiger partial charge in [-0.25, -0.2) is 0 Å². The molecule has 0 radical (unpaired) electrons. The van der Waals surface area contributed by atoms with Crippen LogP contribution < -0.4 is 5.32 Å². The summed E-state index contributed by atoms with van der Waals surface area (Å²) >= 11 is 3.41. The van der Waals surface area contributed by atoms with E-state index in [-0.39, 0.29) is 5.91 Å². The lowest BCUT2D eigenvalue weighted by atomic mass is 10.1. The number of hydrogen-bond acceptors (Lipinski definition) is 3. The Labute approximate surface area is 166 Å². The maximum atomic E-state index is 12.7. The molecular weight excluding hydrogens is 372 g/mol.